The second-order valence-corrected chi connectivity index (χ2v) is 4.59. The SMILES string of the molecule is CCCCCc1ccc(Br)c(CC)c1. The maximum Gasteiger partial charge on any atom is 0.0207 e. The maximum absolute atomic E-state index is 3.57. The third-order valence-corrected chi connectivity index (χ3v) is 3.33. The molecule has 1 aromatic carbocycles. The lowest BCUT2D eigenvalue weighted by atomic mass is 10.0. The fraction of sp³-hybridized carbons (Fsp3) is 0.538. The van der Waals surface area contributed by atoms with Gasteiger partial charge in [0.1, 0.15) is 0 Å². The highest BCUT2D eigenvalue weighted by Gasteiger charge is 1.99. The van der Waals surface area contributed by atoms with E-state index in [4.69, 9.17) is 0 Å². The van der Waals surface area contributed by atoms with Gasteiger partial charge in [0, 0.05) is 4.47 Å². The first-order valence-corrected chi connectivity index (χ1v) is 6.34. The largest absolute Gasteiger partial charge is 0.0654 e. The first kappa shape index (κ1) is 11.8. The molecule has 0 heterocycles. The van der Waals surface area contributed by atoms with E-state index in [2.05, 4.69) is 48.0 Å². The van der Waals surface area contributed by atoms with Crippen LogP contribution in [-0.2, 0) is 12.8 Å². The third kappa shape index (κ3) is 3.45. The lowest BCUT2D eigenvalue weighted by molar-refractivity contribution is 0.717. The molecule has 0 nitrogen and oxygen atoms in total. The summed E-state index contributed by atoms with van der Waals surface area (Å²) in [5.74, 6) is 0. The van der Waals surface area contributed by atoms with E-state index in [1.165, 1.54) is 41.3 Å². The molecule has 0 N–H and O–H groups in total. The van der Waals surface area contributed by atoms with Gasteiger partial charge in [0.05, 0.1) is 0 Å². The Balaban J connectivity index is 2.60. The van der Waals surface area contributed by atoms with E-state index in [-0.39, 0.29) is 0 Å². The van der Waals surface area contributed by atoms with E-state index in [1.807, 2.05) is 0 Å². The van der Waals surface area contributed by atoms with Crippen LogP contribution in [0.25, 0.3) is 0 Å². The molecule has 0 fully saturated rings. The molecule has 0 aromatic heterocycles. The molecule has 0 spiro atoms. The van der Waals surface area contributed by atoms with Crippen LogP contribution in [0.5, 0.6) is 0 Å². The molecule has 1 rings (SSSR count). The molecule has 0 amide bonds. The Labute approximate surface area is 95.9 Å². The Kier molecular flexibility index (Phi) is 5.24. The van der Waals surface area contributed by atoms with E-state index in [9.17, 15) is 0 Å². The van der Waals surface area contributed by atoms with Gasteiger partial charge >= 0.3 is 0 Å². The Morgan fingerprint density at radius 3 is 2.57 bits per heavy atom. The molecule has 1 heteroatoms. The Morgan fingerprint density at radius 1 is 1.14 bits per heavy atom. The normalized spacial score (nSPS) is 10.5. The van der Waals surface area contributed by atoms with E-state index in [0.717, 1.165) is 6.42 Å². The first-order chi connectivity index (χ1) is 6.77. The second-order valence-electron chi connectivity index (χ2n) is 3.74. The van der Waals surface area contributed by atoms with E-state index >= 15 is 0 Å². The van der Waals surface area contributed by atoms with Gasteiger partial charge in [-0.3, -0.25) is 0 Å². The second kappa shape index (κ2) is 6.23. The predicted molar refractivity (Wildman–Crippen MR) is 66.7 cm³/mol. The minimum Gasteiger partial charge on any atom is -0.0654 e. The summed E-state index contributed by atoms with van der Waals surface area (Å²) >= 11 is 3.57. The maximum atomic E-state index is 3.57. The summed E-state index contributed by atoms with van der Waals surface area (Å²) in [6.07, 6.45) is 6.31. The van der Waals surface area contributed by atoms with Crippen LogP contribution in [0.2, 0.25) is 0 Å². The van der Waals surface area contributed by atoms with Crippen LogP contribution in [-0.4, -0.2) is 0 Å². The number of halogens is 1. The average Bonchev–Trinajstić information content (AvgIpc) is 2.21. The van der Waals surface area contributed by atoms with Gasteiger partial charge in [0.25, 0.3) is 0 Å². The van der Waals surface area contributed by atoms with Crippen molar-refractivity contribution in [2.45, 2.75) is 46.0 Å². The quantitative estimate of drug-likeness (QED) is 0.666. The lowest BCUT2D eigenvalue weighted by Crippen LogP contribution is -1.89. The van der Waals surface area contributed by atoms with Gasteiger partial charge in [-0.2, -0.15) is 0 Å². The third-order valence-electron chi connectivity index (χ3n) is 2.56. The van der Waals surface area contributed by atoms with Crippen molar-refractivity contribution in [1.82, 2.24) is 0 Å². The van der Waals surface area contributed by atoms with Crippen LogP contribution >= 0.6 is 15.9 Å². The summed E-state index contributed by atoms with van der Waals surface area (Å²) in [7, 11) is 0. The van der Waals surface area contributed by atoms with Crippen LogP contribution in [0.15, 0.2) is 22.7 Å². The first-order valence-electron chi connectivity index (χ1n) is 5.55. The molecule has 0 saturated carbocycles. The molecular weight excluding hydrogens is 236 g/mol. The number of hydrogen-bond acceptors (Lipinski definition) is 0. The van der Waals surface area contributed by atoms with Crippen LogP contribution in [0, 0.1) is 0 Å². The monoisotopic (exact) mass is 254 g/mol. The predicted octanol–water partition coefficient (Wildman–Crippen LogP) is 4.74. The summed E-state index contributed by atoms with van der Waals surface area (Å²) < 4.78 is 1.25. The summed E-state index contributed by atoms with van der Waals surface area (Å²) in [6.45, 7) is 4.45. The zero-order valence-electron chi connectivity index (χ0n) is 9.15. The molecule has 0 aliphatic carbocycles. The topological polar surface area (TPSA) is 0 Å². The van der Waals surface area contributed by atoms with Crippen LogP contribution in [0.1, 0.15) is 44.2 Å². The molecule has 78 valence electrons. The molecule has 0 bridgehead atoms. The summed E-state index contributed by atoms with van der Waals surface area (Å²) in [5.41, 5.74) is 2.91. The van der Waals surface area contributed by atoms with Crippen LogP contribution < -0.4 is 0 Å². The number of hydrogen-bond donors (Lipinski definition) is 0. The molecule has 0 atom stereocenters. The van der Waals surface area contributed by atoms with Gasteiger partial charge in [-0.1, -0.05) is 54.8 Å². The minimum atomic E-state index is 1.11. The van der Waals surface area contributed by atoms with Crippen molar-refractivity contribution in [1.29, 1.82) is 0 Å². The van der Waals surface area contributed by atoms with E-state index in [1.54, 1.807) is 0 Å². The zero-order valence-corrected chi connectivity index (χ0v) is 10.7. The van der Waals surface area contributed by atoms with Gasteiger partial charge in [-0.05, 0) is 36.5 Å². The standard InChI is InChI=1S/C13H19Br/c1-3-5-6-7-11-8-9-13(14)12(4-2)10-11/h8-10H,3-7H2,1-2H3. The van der Waals surface area contributed by atoms with Gasteiger partial charge in [0.15, 0.2) is 0 Å². The Hall–Kier alpha value is -0.300. The van der Waals surface area contributed by atoms with Crippen molar-refractivity contribution in [2.24, 2.45) is 0 Å². The molecule has 0 unspecified atom stereocenters. The molecule has 1 aromatic rings. The van der Waals surface area contributed by atoms with Gasteiger partial charge in [-0.15, -0.1) is 0 Å². The van der Waals surface area contributed by atoms with Gasteiger partial charge in [-0.25, -0.2) is 0 Å². The Morgan fingerprint density at radius 2 is 1.93 bits per heavy atom. The number of rotatable bonds is 5. The molecule has 0 aliphatic heterocycles. The van der Waals surface area contributed by atoms with Gasteiger partial charge in [0.2, 0.25) is 0 Å². The smallest absolute Gasteiger partial charge is 0.0207 e. The van der Waals surface area contributed by atoms with Crippen molar-refractivity contribution in [3.8, 4) is 0 Å². The van der Waals surface area contributed by atoms with Gasteiger partial charge < -0.3 is 0 Å². The molecule has 0 aliphatic rings. The molecule has 14 heavy (non-hydrogen) atoms. The average molecular weight is 255 g/mol. The fourth-order valence-electron chi connectivity index (χ4n) is 1.63. The van der Waals surface area contributed by atoms with Crippen molar-refractivity contribution >= 4 is 15.9 Å². The van der Waals surface area contributed by atoms with Crippen LogP contribution in [0.3, 0.4) is 0 Å². The van der Waals surface area contributed by atoms with Crippen molar-refractivity contribution < 1.29 is 0 Å². The minimum absolute atomic E-state index is 1.11. The van der Waals surface area contributed by atoms with Crippen LogP contribution in [0.4, 0.5) is 0 Å². The summed E-state index contributed by atoms with van der Waals surface area (Å²) in [4.78, 5) is 0. The highest BCUT2D eigenvalue weighted by molar-refractivity contribution is 9.10. The highest BCUT2D eigenvalue weighted by Crippen LogP contribution is 2.19. The van der Waals surface area contributed by atoms with Crippen molar-refractivity contribution in [3.63, 3.8) is 0 Å². The Bertz CT molecular complexity index is 279. The highest BCUT2D eigenvalue weighted by atomic mass is 79.9. The molecule has 0 saturated heterocycles. The number of unbranched alkanes of at least 4 members (excludes halogenated alkanes) is 2. The molecular formula is C13H19Br. The molecule has 0 radical (unpaired) electrons. The lowest BCUT2D eigenvalue weighted by Gasteiger charge is -2.05. The summed E-state index contributed by atoms with van der Waals surface area (Å²) in [6, 6.07) is 6.75. The zero-order chi connectivity index (χ0) is 10.4. The summed E-state index contributed by atoms with van der Waals surface area (Å²) in [5, 5.41) is 0. The fourth-order valence-corrected chi connectivity index (χ4v) is 2.16. The number of benzene rings is 1. The van der Waals surface area contributed by atoms with E-state index < -0.39 is 0 Å². The number of aryl methyl sites for hydroxylation is 2. The van der Waals surface area contributed by atoms with Crippen molar-refractivity contribution in [2.75, 3.05) is 0 Å². The van der Waals surface area contributed by atoms with E-state index in [0.29, 0.717) is 0 Å². The van der Waals surface area contributed by atoms with Crippen molar-refractivity contribution in [3.05, 3.63) is 33.8 Å².